The SMILES string of the molecule is Cc1cc(C(C)Oc2ccc(CN)cc2F)on1. The molecule has 1 aromatic carbocycles. The van der Waals surface area contributed by atoms with Gasteiger partial charge in [0.05, 0.1) is 5.69 Å². The number of nitrogens with two attached hydrogens (primary N) is 1. The smallest absolute Gasteiger partial charge is 0.177 e. The van der Waals surface area contributed by atoms with Crippen LogP contribution >= 0.6 is 0 Å². The number of ether oxygens (including phenoxy) is 1. The maximum absolute atomic E-state index is 13.7. The van der Waals surface area contributed by atoms with E-state index in [-0.39, 0.29) is 5.75 Å². The van der Waals surface area contributed by atoms with E-state index in [1.807, 2.05) is 6.92 Å². The van der Waals surface area contributed by atoms with Crippen LogP contribution in [0.1, 0.15) is 30.0 Å². The van der Waals surface area contributed by atoms with Gasteiger partial charge in [0.15, 0.2) is 23.4 Å². The average molecular weight is 250 g/mol. The van der Waals surface area contributed by atoms with Crippen molar-refractivity contribution in [1.29, 1.82) is 0 Å². The Kier molecular flexibility index (Phi) is 3.62. The average Bonchev–Trinajstić information content (AvgIpc) is 2.78. The Morgan fingerprint density at radius 1 is 1.44 bits per heavy atom. The van der Waals surface area contributed by atoms with Gasteiger partial charge in [-0.2, -0.15) is 0 Å². The van der Waals surface area contributed by atoms with Gasteiger partial charge in [0.1, 0.15) is 0 Å². The number of hydrogen-bond acceptors (Lipinski definition) is 4. The quantitative estimate of drug-likeness (QED) is 0.906. The van der Waals surface area contributed by atoms with Crippen molar-refractivity contribution in [2.45, 2.75) is 26.5 Å². The summed E-state index contributed by atoms with van der Waals surface area (Å²) in [5.41, 5.74) is 6.92. The zero-order chi connectivity index (χ0) is 13.1. The molecule has 18 heavy (non-hydrogen) atoms. The summed E-state index contributed by atoms with van der Waals surface area (Å²) in [4.78, 5) is 0. The number of benzene rings is 1. The molecular formula is C13H15FN2O2. The summed E-state index contributed by atoms with van der Waals surface area (Å²) in [5.74, 6) is 0.310. The summed E-state index contributed by atoms with van der Waals surface area (Å²) in [6, 6.07) is 6.43. The summed E-state index contributed by atoms with van der Waals surface area (Å²) < 4.78 is 24.3. The Labute approximate surface area is 105 Å². The summed E-state index contributed by atoms with van der Waals surface area (Å²) in [7, 11) is 0. The third-order valence-electron chi connectivity index (χ3n) is 2.58. The van der Waals surface area contributed by atoms with E-state index < -0.39 is 11.9 Å². The highest BCUT2D eigenvalue weighted by molar-refractivity contribution is 5.29. The van der Waals surface area contributed by atoms with Crippen molar-refractivity contribution >= 4 is 0 Å². The van der Waals surface area contributed by atoms with Crippen molar-refractivity contribution in [1.82, 2.24) is 5.16 Å². The Morgan fingerprint density at radius 2 is 2.22 bits per heavy atom. The third-order valence-corrected chi connectivity index (χ3v) is 2.58. The van der Waals surface area contributed by atoms with E-state index in [0.29, 0.717) is 12.3 Å². The minimum atomic E-state index is -0.430. The molecule has 1 heterocycles. The first-order chi connectivity index (χ1) is 8.60. The molecule has 0 saturated carbocycles. The van der Waals surface area contributed by atoms with E-state index in [1.54, 1.807) is 25.1 Å². The lowest BCUT2D eigenvalue weighted by molar-refractivity contribution is 0.174. The predicted molar refractivity (Wildman–Crippen MR) is 64.6 cm³/mol. The first-order valence-electron chi connectivity index (χ1n) is 5.68. The van der Waals surface area contributed by atoms with Crippen molar-refractivity contribution in [2.24, 2.45) is 5.73 Å². The largest absolute Gasteiger partial charge is 0.480 e. The molecule has 1 unspecified atom stereocenters. The van der Waals surface area contributed by atoms with Gasteiger partial charge in [-0.1, -0.05) is 11.2 Å². The van der Waals surface area contributed by atoms with E-state index in [0.717, 1.165) is 11.3 Å². The highest BCUT2D eigenvalue weighted by atomic mass is 19.1. The number of halogens is 1. The molecule has 0 saturated heterocycles. The first kappa shape index (κ1) is 12.6. The Bertz CT molecular complexity index is 540. The van der Waals surface area contributed by atoms with Crippen LogP contribution < -0.4 is 10.5 Å². The lowest BCUT2D eigenvalue weighted by Crippen LogP contribution is -2.04. The van der Waals surface area contributed by atoms with E-state index in [9.17, 15) is 4.39 Å². The van der Waals surface area contributed by atoms with Gasteiger partial charge < -0.3 is 15.0 Å². The van der Waals surface area contributed by atoms with Crippen LogP contribution in [0.5, 0.6) is 5.75 Å². The third kappa shape index (κ3) is 2.68. The summed E-state index contributed by atoms with van der Waals surface area (Å²) in [5, 5.41) is 3.76. The molecule has 0 amide bonds. The van der Waals surface area contributed by atoms with E-state index >= 15 is 0 Å². The second kappa shape index (κ2) is 5.18. The van der Waals surface area contributed by atoms with E-state index in [2.05, 4.69) is 5.16 Å². The molecule has 2 N–H and O–H groups in total. The molecule has 2 rings (SSSR count). The number of hydrogen-bond donors (Lipinski definition) is 1. The second-order valence-corrected chi connectivity index (χ2v) is 4.10. The molecule has 1 aromatic heterocycles. The molecular weight excluding hydrogens is 235 g/mol. The zero-order valence-electron chi connectivity index (χ0n) is 10.3. The maximum atomic E-state index is 13.7. The van der Waals surface area contributed by atoms with Crippen LogP contribution in [-0.4, -0.2) is 5.16 Å². The standard InChI is InChI=1S/C13H15FN2O2/c1-8-5-13(18-16-8)9(2)17-12-4-3-10(7-15)6-11(12)14/h3-6,9H,7,15H2,1-2H3. The molecule has 0 radical (unpaired) electrons. The monoisotopic (exact) mass is 250 g/mol. The summed E-state index contributed by atoms with van der Waals surface area (Å²) in [6.45, 7) is 3.89. The van der Waals surface area contributed by atoms with Gasteiger partial charge in [0, 0.05) is 12.6 Å². The molecule has 1 atom stereocenters. The number of nitrogens with zero attached hydrogens (tertiary/aromatic N) is 1. The van der Waals surface area contributed by atoms with Crippen LogP contribution in [-0.2, 0) is 6.54 Å². The van der Waals surface area contributed by atoms with Crippen molar-refractivity contribution in [3.8, 4) is 5.75 Å². The fraction of sp³-hybridized carbons (Fsp3) is 0.308. The molecule has 0 aliphatic rings. The van der Waals surface area contributed by atoms with Crippen LogP contribution in [0.15, 0.2) is 28.8 Å². The van der Waals surface area contributed by atoms with Crippen molar-refractivity contribution < 1.29 is 13.7 Å². The van der Waals surface area contributed by atoms with Gasteiger partial charge in [-0.05, 0) is 31.5 Å². The van der Waals surface area contributed by atoms with Crippen molar-refractivity contribution in [3.05, 3.63) is 47.1 Å². The molecule has 0 spiro atoms. The van der Waals surface area contributed by atoms with Crippen LogP contribution in [0.25, 0.3) is 0 Å². The van der Waals surface area contributed by atoms with Gasteiger partial charge in [0.25, 0.3) is 0 Å². The molecule has 2 aromatic rings. The Balaban J connectivity index is 2.14. The van der Waals surface area contributed by atoms with Gasteiger partial charge in [0.2, 0.25) is 0 Å². The first-order valence-corrected chi connectivity index (χ1v) is 5.68. The Hall–Kier alpha value is -1.88. The molecule has 4 nitrogen and oxygen atoms in total. The summed E-state index contributed by atoms with van der Waals surface area (Å²) >= 11 is 0. The molecule has 0 fully saturated rings. The van der Waals surface area contributed by atoms with Crippen LogP contribution in [0.4, 0.5) is 4.39 Å². The summed E-state index contributed by atoms with van der Waals surface area (Å²) in [6.07, 6.45) is -0.399. The van der Waals surface area contributed by atoms with E-state index in [1.165, 1.54) is 6.07 Å². The minimum Gasteiger partial charge on any atom is -0.480 e. The minimum absolute atomic E-state index is 0.175. The molecule has 5 heteroatoms. The lowest BCUT2D eigenvalue weighted by Gasteiger charge is -2.12. The van der Waals surface area contributed by atoms with Gasteiger partial charge in [-0.3, -0.25) is 0 Å². The number of aryl methyl sites for hydroxylation is 1. The predicted octanol–water partition coefficient (Wildman–Crippen LogP) is 2.72. The number of rotatable bonds is 4. The molecule has 0 aliphatic heterocycles. The van der Waals surface area contributed by atoms with Gasteiger partial charge >= 0.3 is 0 Å². The van der Waals surface area contributed by atoms with Crippen molar-refractivity contribution in [2.75, 3.05) is 0 Å². The highest BCUT2D eigenvalue weighted by Gasteiger charge is 2.15. The van der Waals surface area contributed by atoms with Crippen LogP contribution in [0.2, 0.25) is 0 Å². The number of aromatic nitrogens is 1. The van der Waals surface area contributed by atoms with Crippen LogP contribution in [0, 0.1) is 12.7 Å². The van der Waals surface area contributed by atoms with E-state index in [4.69, 9.17) is 15.0 Å². The fourth-order valence-electron chi connectivity index (χ4n) is 1.59. The zero-order valence-corrected chi connectivity index (χ0v) is 10.3. The van der Waals surface area contributed by atoms with Gasteiger partial charge in [-0.25, -0.2) is 4.39 Å². The molecule has 0 aliphatic carbocycles. The van der Waals surface area contributed by atoms with Crippen molar-refractivity contribution in [3.63, 3.8) is 0 Å². The Morgan fingerprint density at radius 3 is 2.78 bits per heavy atom. The molecule has 96 valence electrons. The van der Waals surface area contributed by atoms with Crippen LogP contribution in [0.3, 0.4) is 0 Å². The fourth-order valence-corrected chi connectivity index (χ4v) is 1.59. The van der Waals surface area contributed by atoms with Gasteiger partial charge in [-0.15, -0.1) is 0 Å². The maximum Gasteiger partial charge on any atom is 0.177 e. The lowest BCUT2D eigenvalue weighted by atomic mass is 10.2. The normalized spacial score (nSPS) is 12.4. The molecule has 0 bridgehead atoms. The topological polar surface area (TPSA) is 61.3 Å². The second-order valence-electron chi connectivity index (χ2n) is 4.10. The highest BCUT2D eigenvalue weighted by Crippen LogP contribution is 2.25.